The van der Waals surface area contributed by atoms with E-state index in [0.717, 1.165) is 61.8 Å². The molecule has 0 radical (unpaired) electrons. The maximum atomic E-state index is 13.4. The van der Waals surface area contributed by atoms with Crippen LogP contribution < -0.4 is 11.5 Å². The first-order chi connectivity index (χ1) is 13.1. The summed E-state index contributed by atoms with van der Waals surface area (Å²) < 4.78 is 0. The first kappa shape index (κ1) is 19.8. The van der Waals surface area contributed by atoms with E-state index in [1.807, 2.05) is 30.3 Å². The second-order valence-corrected chi connectivity index (χ2v) is 7.58. The van der Waals surface area contributed by atoms with Crippen LogP contribution in [0.4, 0.5) is 0 Å². The lowest BCUT2D eigenvalue weighted by atomic mass is 10.00. The molecule has 2 aromatic rings. The zero-order valence-corrected chi connectivity index (χ0v) is 16.3. The van der Waals surface area contributed by atoms with Crippen LogP contribution >= 0.6 is 0 Å². The van der Waals surface area contributed by atoms with Crippen LogP contribution in [0.15, 0.2) is 42.5 Å². The average Bonchev–Trinajstić information content (AvgIpc) is 2.71. The van der Waals surface area contributed by atoms with E-state index in [-0.39, 0.29) is 18.0 Å². The standard InChI is InChI=1S/C22H32N4O/c1-2-3-9-19-16-25(15-18(24)14-23)12-13-26(19)22(27)21-11-6-8-17-7-4-5-10-20(17)21/h4-8,10-11,18-19H,2-3,9,12-16,23-24H2,1H3/t18?,19-/m0/s1. The largest absolute Gasteiger partial charge is 0.333 e. The first-order valence-corrected chi connectivity index (χ1v) is 10.1. The van der Waals surface area contributed by atoms with Gasteiger partial charge in [-0.3, -0.25) is 9.69 Å². The summed E-state index contributed by atoms with van der Waals surface area (Å²) in [7, 11) is 0. The van der Waals surface area contributed by atoms with Gasteiger partial charge in [-0.2, -0.15) is 0 Å². The van der Waals surface area contributed by atoms with Crippen LogP contribution in [0.2, 0.25) is 0 Å². The van der Waals surface area contributed by atoms with Crippen molar-refractivity contribution >= 4 is 16.7 Å². The third kappa shape index (κ3) is 4.67. The number of amides is 1. The summed E-state index contributed by atoms with van der Waals surface area (Å²) in [5.74, 6) is 0.149. The highest BCUT2D eigenvalue weighted by molar-refractivity contribution is 6.07. The second-order valence-electron chi connectivity index (χ2n) is 7.58. The molecule has 5 heteroatoms. The van der Waals surface area contributed by atoms with E-state index in [2.05, 4.69) is 28.9 Å². The topological polar surface area (TPSA) is 75.6 Å². The number of piperazine rings is 1. The van der Waals surface area contributed by atoms with Crippen molar-refractivity contribution in [2.75, 3.05) is 32.7 Å². The smallest absolute Gasteiger partial charge is 0.254 e. The number of carbonyl (C=O) groups is 1. The molecule has 2 aromatic carbocycles. The third-order valence-corrected chi connectivity index (χ3v) is 5.53. The van der Waals surface area contributed by atoms with Crippen LogP contribution in [0.3, 0.4) is 0 Å². The molecule has 0 spiro atoms. The van der Waals surface area contributed by atoms with Gasteiger partial charge < -0.3 is 16.4 Å². The molecule has 1 saturated heterocycles. The molecular formula is C22H32N4O. The summed E-state index contributed by atoms with van der Waals surface area (Å²) in [6.45, 7) is 5.97. The van der Waals surface area contributed by atoms with Crippen molar-refractivity contribution < 1.29 is 4.79 Å². The maximum absolute atomic E-state index is 13.4. The van der Waals surface area contributed by atoms with Gasteiger partial charge in [0.1, 0.15) is 0 Å². The van der Waals surface area contributed by atoms with E-state index in [1.165, 1.54) is 0 Å². The van der Waals surface area contributed by atoms with Gasteiger partial charge in [-0.15, -0.1) is 0 Å². The van der Waals surface area contributed by atoms with Gasteiger partial charge in [0.05, 0.1) is 0 Å². The highest BCUT2D eigenvalue weighted by atomic mass is 16.2. The Morgan fingerprint density at radius 2 is 1.96 bits per heavy atom. The number of nitrogens with zero attached hydrogens (tertiary/aromatic N) is 2. The van der Waals surface area contributed by atoms with Gasteiger partial charge in [0.15, 0.2) is 0 Å². The predicted molar refractivity (Wildman–Crippen MR) is 112 cm³/mol. The molecule has 1 heterocycles. The molecule has 1 aliphatic heterocycles. The molecule has 146 valence electrons. The molecule has 2 atom stereocenters. The predicted octanol–water partition coefficient (Wildman–Crippen LogP) is 2.44. The fraction of sp³-hybridized carbons (Fsp3) is 0.500. The highest BCUT2D eigenvalue weighted by Gasteiger charge is 2.31. The fourth-order valence-electron chi connectivity index (χ4n) is 4.01. The number of fused-ring (bicyclic) bond motifs is 1. The van der Waals surface area contributed by atoms with E-state index < -0.39 is 0 Å². The molecule has 1 fully saturated rings. The van der Waals surface area contributed by atoms with Crippen LogP contribution in [0.1, 0.15) is 36.5 Å². The second kappa shape index (κ2) is 9.31. The zero-order valence-electron chi connectivity index (χ0n) is 16.3. The van der Waals surface area contributed by atoms with Crippen LogP contribution in [0.25, 0.3) is 10.8 Å². The summed E-state index contributed by atoms with van der Waals surface area (Å²) in [4.78, 5) is 17.9. The van der Waals surface area contributed by atoms with Gasteiger partial charge in [-0.1, -0.05) is 56.2 Å². The highest BCUT2D eigenvalue weighted by Crippen LogP contribution is 2.24. The van der Waals surface area contributed by atoms with Crippen molar-refractivity contribution in [3.05, 3.63) is 48.0 Å². The molecule has 1 amide bonds. The van der Waals surface area contributed by atoms with Gasteiger partial charge in [-0.05, 0) is 23.3 Å². The number of hydrogen-bond acceptors (Lipinski definition) is 4. The van der Waals surface area contributed by atoms with Gasteiger partial charge >= 0.3 is 0 Å². The minimum Gasteiger partial charge on any atom is -0.333 e. The lowest BCUT2D eigenvalue weighted by molar-refractivity contribution is 0.0423. The van der Waals surface area contributed by atoms with Crippen molar-refractivity contribution in [1.82, 2.24) is 9.80 Å². The minimum absolute atomic E-state index is 0.00264. The van der Waals surface area contributed by atoms with E-state index in [1.54, 1.807) is 0 Å². The maximum Gasteiger partial charge on any atom is 0.254 e. The summed E-state index contributed by atoms with van der Waals surface area (Å²) in [5, 5.41) is 2.15. The molecule has 0 saturated carbocycles. The fourth-order valence-corrected chi connectivity index (χ4v) is 4.01. The van der Waals surface area contributed by atoms with Crippen molar-refractivity contribution in [3.8, 4) is 0 Å². The number of nitrogens with two attached hydrogens (primary N) is 2. The van der Waals surface area contributed by atoms with Crippen molar-refractivity contribution in [3.63, 3.8) is 0 Å². The molecule has 1 unspecified atom stereocenters. The van der Waals surface area contributed by atoms with E-state index >= 15 is 0 Å². The van der Waals surface area contributed by atoms with Gasteiger partial charge in [0, 0.05) is 50.4 Å². The summed E-state index contributed by atoms with van der Waals surface area (Å²) in [6.07, 6.45) is 3.29. The quantitative estimate of drug-likeness (QED) is 0.787. The van der Waals surface area contributed by atoms with Crippen molar-refractivity contribution in [1.29, 1.82) is 0 Å². The SMILES string of the molecule is CCCC[C@H]1CN(CC(N)CN)CCN1C(=O)c1cccc2ccccc12. The Labute approximate surface area is 162 Å². The van der Waals surface area contributed by atoms with Gasteiger partial charge in [-0.25, -0.2) is 0 Å². The van der Waals surface area contributed by atoms with Crippen LogP contribution in [-0.4, -0.2) is 60.5 Å². The van der Waals surface area contributed by atoms with Crippen molar-refractivity contribution in [2.24, 2.45) is 11.5 Å². The van der Waals surface area contributed by atoms with Crippen molar-refractivity contribution in [2.45, 2.75) is 38.3 Å². The Morgan fingerprint density at radius 3 is 2.74 bits per heavy atom. The third-order valence-electron chi connectivity index (χ3n) is 5.53. The molecule has 0 aromatic heterocycles. The molecule has 3 rings (SSSR count). The summed E-state index contributed by atoms with van der Waals surface area (Å²) in [6, 6.07) is 14.3. The van der Waals surface area contributed by atoms with Gasteiger partial charge in [0.25, 0.3) is 5.91 Å². The lowest BCUT2D eigenvalue weighted by Gasteiger charge is -2.42. The summed E-state index contributed by atoms with van der Waals surface area (Å²) >= 11 is 0. The minimum atomic E-state index is -0.00264. The molecule has 1 aliphatic rings. The van der Waals surface area contributed by atoms with Crippen LogP contribution in [0.5, 0.6) is 0 Å². The lowest BCUT2D eigenvalue weighted by Crippen LogP contribution is -2.57. The van der Waals surface area contributed by atoms with Crippen LogP contribution in [0, 0.1) is 0 Å². The molecule has 0 aliphatic carbocycles. The Hall–Kier alpha value is -1.95. The van der Waals surface area contributed by atoms with E-state index in [4.69, 9.17) is 11.5 Å². The number of unbranched alkanes of at least 4 members (excludes halogenated alkanes) is 1. The molecule has 0 bridgehead atoms. The van der Waals surface area contributed by atoms with Gasteiger partial charge in [0.2, 0.25) is 0 Å². The monoisotopic (exact) mass is 368 g/mol. The summed E-state index contributed by atoms with van der Waals surface area (Å²) in [5.41, 5.74) is 12.5. The number of carbonyl (C=O) groups excluding carboxylic acids is 1. The molecule has 27 heavy (non-hydrogen) atoms. The Morgan fingerprint density at radius 1 is 1.19 bits per heavy atom. The van der Waals surface area contributed by atoms with E-state index in [9.17, 15) is 4.79 Å². The Balaban J connectivity index is 1.81. The first-order valence-electron chi connectivity index (χ1n) is 10.1. The van der Waals surface area contributed by atoms with Crippen LogP contribution in [-0.2, 0) is 0 Å². The number of rotatable bonds is 7. The average molecular weight is 369 g/mol. The zero-order chi connectivity index (χ0) is 19.2. The normalized spacial score (nSPS) is 19.4. The Bertz CT molecular complexity index is 758. The van der Waals surface area contributed by atoms with E-state index in [0.29, 0.717) is 6.54 Å². The molecule has 4 N–H and O–H groups in total. The molecule has 5 nitrogen and oxygen atoms in total. The number of benzene rings is 2. The molecular weight excluding hydrogens is 336 g/mol. The number of hydrogen-bond donors (Lipinski definition) is 2. The Kier molecular flexibility index (Phi) is 6.83.